The molecular weight excluding hydrogens is 114 g/mol. The Morgan fingerprint density at radius 2 is 1.78 bits per heavy atom. The highest BCUT2D eigenvalue weighted by molar-refractivity contribution is 4.72. The van der Waals surface area contributed by atoms with Gasteiger partial charge in [0.1, 0.15) is 5.72 Å². The van der Waals surface area contributed by atoms with Gasteiger partial charge in [0.25, 0.3) is 0 Å². The monoisotopic (exact) mass is 131 g/mol. The highest BCUT2D eigenvalue weighted by atomic mass is 16.3. The van der Waals surface area contributed by atoms with Crippen LogP contribution in [0.2, 0.25) is 0 Å². The molecule has 2 heteroatoms. The Hall–Kier alpha value is -0.0800. The van der Waals surface area contributed by atoms with Crippen LogP contribution in [0.15, 0.2) is 0 Å². The lowest BCUT2D eigenvalue weighted by Gasteiger charge is -2.26. The summed E-state index contributed by atoms with van der Waals surface area (Å²) in [6.45, 7) is 5.73. The molecular formula is C7H17NO. The fourth-order valence-corrected chi connectivity index (χ4v) is 1.12. The fourth-order valence-electron chi connectivity index (χ4n) is 1.12. The Morgan fingerprint density at radius 1 is 1.44 bits per heavy atom. The van der Waals surface area contributed by atoms with Crippen molar-refractivity contribution in [3.8, 4) is 0 Å². The van der Waals surface area contributed by atoms with Gasteiger partial charge in [0.15, 0.2) is 0 Å². The van der Waals surface area contributed by atoms with Crippen LogP contribution in [-0.2, 0) is 0 Å². The van der Waals surface area contributed by atoms with E-state index in [1.54, 1.807) is 6.92 Å². The van der Waals surface area contributed by atoms with Gasteiger partial charge in [-0.1, -0.05) is 13.8 Å². The van der Waals surface area contributed by atoms with Crippen molar-refractivity contribution in [1.82, 2.24) is 0 Å². The minimum Gasteiger partial charge on any atom is -0.376 e. The van der Waals surface area contributed by atoms with Gasteiger partial charge in [-0.3, -0.25) is 0 Å². The Morgan fingerprint density at radius 3 is 1.78 bits per heavy atom. The lowest BCUT2D eigenvalue weighted by Crippen LogP contribution is -2.43. The molecule has 0 aromatic carbocycles. The second-order valence-corrected chi connectivity index (χ2v) is 2.74. The van der Waals surface area contributed by atoms with Crippen LogP contribution >= 0.6 is 0 Å². The summed E-state index contributed by atoms with van der Waals surface area (Å²) in [5, 5.41) is 9.26. The topological polar surface area (TPSA) is 46.2 Å². The summed E-state index contributed by atoms with van der Waals surface area (Å²) in [4.78, 5) is 0. The van der Waals surface area contributed by atoms with Crippen LogP contribution in [0, 0.1) is 5.92 Å². The number of hydrogen-bond donors (Lipinski definition) is 2. The first-order valence-electron chi connectivity index (χ1n) is 3.53. The van der Waals surface area contributed by atoms with Crippen LogP contribution in [0.3, 0.4) is 0 Å². The number of rotatable bonds is 3. The summed E-state index contributed by atoms with van der Waals surface area (Å²) in [5.41, 5.74) is 4.47. The van der Waals surface area contributed by atoms with E-state index in [1.165, 1.54) is 0 Å². The first-order valence-corrected chi connectivity index (χ1v) is 3.53. The van der Waals surface area contributed by atoms with Crippen LogP contribution < -0.4 is 5.73 Å². The zero-order valence-electron chi connectivity index (χ0n) is 6.52. The summed E-state index contributed by atoms with van der Waals surface area (Å²) in [6, 6.07) is 0. The molecule has 9 heavy (non-hydrogen) atoms. The van der Waals surface area contributed by atoms with Crippen LogP contribution in [0.5, 0.6) is 0 Å². The van der Waals surface area contributed by atoms with Gasteiger partial charge in [0.05, 0.1) is 0 Å². The lowest BCUT2D eigenvalue weighted by molar-refractivity contribution is 0.00159. The summed E-state index contributed by atoms with van der Waals surface area (Å²) < 4.78 is 0. The Bertz CT molecular complexity index is 71.5. The van der Waals surface area contributed by atoms with E-state index in [4.69, 9.17) is 5.73 Å². The van der Waals surface area contributed by atoms with Crippen molar-refractivity contribution in [2.45, 2.75) is 39.3 Å². The predicted molar refractivity (Wildman–Crippen MR) is 38.9 cm³/mol. The minimum absolute atomic E-state index is 0.234. The van der Waals surface area contributed by atoms with E-state index in [2.05, 4.69) is 0 Å². The molecule has 0 aliphatic carbocycles. The average Bonchev–Trinajstić information content (AvgIpc) is 1.65. The normalized spacial score (nSPS) is 18.0. The fraction of sp³-hybridized carbons (Fsp3) is 1.00. The average molecular weight is 131 g/mol. The zero-order chi connectivity index (χ0) is 7.49. The third-order valence-corrected chi connectivity index (χ3v) is 1.81. The van der Waals surface area contributed by atoms with E-state index in [-0.39, 0.29) is 5.92 Å². The summed E-state index contributed by atoms with van der Waals surface area (Å²) in [5.74, 6) is 0.234. The third-order valence-electron chi connectivity index (χ3n) is 1.81. The molecule has 0 aliphatic rings. The molecule has 0 fully saturated rings. The number of nitrogens with two attached hydrogens (primary N) is 1. The summed E-state index contributed by atoms with van der Waals surface area (Å²) in [6.07, 6.45) is 1.89. The number of hydrogen-bond acceptors (Lipinski definition) is 2. The highest BCUT2D eigenvalue weighted by Crippen LogP contribution is 2.17. The molecule has 0 aromatic rings. The predicted octanol–water partition coefficient (Wildman–Crippen LogP) is 1.09. The van der Waals surface area contributed by atoms with Gasteiger partial charge in [0, 0.05) is 5.92 Å². The standard InChI is InChI=1S/C7H17NO/c1-4-6(5-2)7(3,8)9/h6,9H,4-5,8H2,1-3H3. The first-order chi connectivity index (χ1) is 4.02. The van der Waals surface area contributed by atoms with Crippen LogP contribution in [0.4, 0.5) is 0 Å². The van der Waals surface area contributed by atoms with E-state index in [1.807, 2.05) is 13.8 Å². The maximum Gasteiger partial charge on any atom is 0.113 e. The summed E-state index contributed by atoms with van der Waals surface area (Å²) in [7, 11) is 0. The van der Waals surface area contributed by atoms with Crippen molar-refractivity contribution in [2.75, 3.05) is 0 Å². The van der Waals surface area contributed by atoms with E-state index in [0.29, 0.717) is 0 Å². The summed E-state index contributed by atoms with van der Waals surface area (Å²) >= 11 is 0. The Balaban J connectivity index is 3.79. The second kappa shape index (κ2) is 3.18. The van der Waals surface area contributed by atoms with E-state index in [0.717, 1.165) is 12.8 Å². The quantitative estimate of drug-likeness (QED) is 0.563. The van der Waals surface area contributed by atoms with Gasteiger partial charge in [-0.25, -0.2) is 0 Å². The molecule has 0 rings (SSSR count). The van der Waals surface area contributed by atoms with Crippen molar-refractivity contribution in [3.63, 3.8) is 0 Å². The second-order valence-electron chi connectivity index (χ2n) is 2.74. The van der Waals surface area contributed by atoms with E-state index in [9.17, 15) is 5.11 Å². The smallest absolute Gasteiger partial charge is 0.113 e. The Labute approximate surface area is 57.1 Å². The SMILES string of the molecule is CCC(CC)C(C)(N)O. The van der Waals surface area contributed by atoms with Gasteiger partial charge in [-0.15, -0.1) is 0 Å². The van der Waals surface area contributed by atoms with Crippen LogP contribution in [-0.4, -0.2) is 10.8 Å². The molecule has 0 radical (unpaired) electrons. The van der Waals surface area contributed by atoms with E-state index >= 15 is 0 Å². The molecule has 0 bridgehead atoms. The van der Waals surface area contributed by atoms with Crippen molar-refractivity contribution in [2.24, 2.45) is 11.7 Å². The molecule has 3 N–H and O–H groups in total. The molecule has 0 saturated heterocycles. The lowest BCUT2D eigenvalue weighted by atomic mass is 9.93. The van der Waals surface area contributed by atoms with E-state index < -0.39 is 5.72 Å². The van der Waals surface area contributed by atoms with Crippen LogP contribution in [0.1, 0.15) is 33.6 Å². The Kier molecular flexibility index (Phi) is 3.15. The third kappa shape index (κ3) is 2.82. The van der Waals surface area contributed by atoms with Gasteiger partial charge in [-0.05, 0) is 19.8 Å². The van der Waals surface area contributed by atoms with Gasteiger partial charge in [0.2, 0.25) is 0 Å². The van der Waals surface area contributed by atoms with Crippen molar-refractivity contribution < 1.29 is 5.11 Å². The molecule has 56 valence electrons. The molecule has 0 spiro atoms. The van der Waals surface area contributed by atoms with Crippen LogP contribution in [0.25, 0.3) is 0 Å². The molecule has 0 aromatic heterocycles. The zero-order valence-corrected chi connectivity index (χ0v) is 6.52. The maximum absolute atomic E-state index is 9.26. The molecule has 0 aliphatic heterocycles. The molecule has 0 saturated carbocycles. The van der Waals surface area contributed by atoms with Gasteiger partial charge < -0.3 is 10.8 Å². The van der Waals surface area contributed by atoms with Crippen molar-refractivity contribution >= 4 is 0 Å². The number of aliphatic hydroxyl groups is 1. The van der Waals surface area contributed by atoms with Gasteiger partial charge >= 0.3 is 0 Å². The molecule has 2 nitrogen and oxygen atoms in total. The van der Waals surface area contributed by atoms with Crippen molar-refractivity contribution in [1.29, 1.82) is 0 Å². The highest BCUT2D eigenvalue weighted by Gasteiger charge is 2.23. The molecule has 1 atom stereocenters. The maximum atomic E-state index is 9.26. The van der Waals surface area contributed by atoms with Crippen molar-refractivity contribution in [3.05, 3.63) is 0 Å². The van der Waals surface area contributed by atoms with Gasteiger partial charge in [-0.2, -0.15) is 0 Å². The molecule has 1 unspecified atom stereocenters. The molecule has 0 heterocycles. The minimum atomic E-state index is -0.983. The first kappa shape index (κ1) is 8.92. The molecule has 0 amide bonds. The largest absolute Gasteiger partial charge is 0.376 e.